The Balaban J connectivity index is 1.71. The Hall–Kier alpha value is -1.68. The third-order valence-electron chi connectivity index (χ3n) is 2.87. The van der Waals surface area contributed by atoms with E-state index in [0.717, 1.165) is 37.0 Å². The van der Waals surface area contributed by atoms with Crippen molar-refractivity contribution in [2.45, 2.75) is 26.2 Å². The molecule has 0 saturated heterocycles. The lowest BCUT2D eigenvalue weighted by molar-refractivity contribution is -0.117. The highest BCUT2D eigenvalue weighted by molar-refractivity contribution is 5.75. The monoisotopic (exact) mass is 246 g/mol. The van der Waals surface area contributed by atoms with Crippen LogP contribution in [-0.2, 0) is 11.2 Å². The number of rotatable bonds is 7. The fourth-order valence-electron chi connectivity index (χ4n) is 1.88. The molecule has 18 heavy (non-hydrogen) atoms. The second-order valence-corrected chi connectivity index (χ2v) is 4.46. The van der Waals surface area contributed by atoms with E-state index in [1.165, 1.54) is 12.0 Å². The van der Waals surface area contributed by atoms with Gasteiger partial charge in [0.15, 0.2) is 12.0 Å². The van der Waals surface area contributed by atoms with E-state index in [9.17, 15) is 4.79 Å². The second kappa shape index (κ2) is 6.31. The number of nitrogens with zero attached hydrogens (tertiary/aromatic N) is 1. The molecular weight excluding hydrogens is 228 g/mol. The van der Waals surface area contributed by atoms with Gasteiger partial charge < -0.3 is 14.5 Å². The molecule has 1 N–H and O–H groups in total. The zero-order valence-electron chi connectivity index (χ0n) is 10.6. The maximum atomic E-state index is 10.8. The van der Waals surface area contributed by atoms with E-state index in [4.69, 9.17) is 4.42 Å². The molecule has 0 amide bonds. The summed E-state index contributed by atoms with van der Waals surface area (Å²) in [6.07, 6.45) is 4.00. The van der Waals surface area contributed by atoms with Gasteiger partial charge in [0, 0.05) is 6.42 Å². The van der Waals surface area contributed by atoms with Gasteiger partial charge in [0.1, 0.15) is 11.3 Å². The number of Topliss-reactive ketones (excluding diaryl/α,β-unsaturated/α-hetero) is 1. The molecule has 0 unspecified atom stereocenters. The highest BCUT2D eigenvalue weighted by Crippen LogP contribution is 2.14. The van der Waals surface area contributed by atoms with Crippen LogP contribution in [0.1, 0.15) is 25.3 Å². The van der Waals surface area contributed by atoms with E-state index in [0.29, 0.717) is 6.42 Å². The van der Waals surface area contributed by atoms with Crippen LogP contribution in [0.4, 0.5) is 0 Å². The fraction of sp³-hybridized carbons (Fsp3) is 0.429. The maximum Gasteiger partial charge on any atom is 0.181 e. The summed E-state index contributed by atoms with van der Waals surface area (Å²) in [7, 11) is 0. The minimum absolute atomic E-state index is 0.257. The topological polar surface area (TPSA) is 55.1 Å². The van der Waals surface area contributed by atoms with E-state index >= 15 is 0 Å². The van der Waals surface area contributed by atoms with Crippen molar-refractivity contribution in [3.05, 3.63) is 30.2 Å². The van der Waals surface area contributed by atoms with Crippen LogP contribution in [0.2, 0.25) is 0 Å². The number of carbonyl (C=O) groups is 1. The lowest BCUT2D eigenvalue weighted by Gasteiger charge is -2.04. The van der Waals surface area contributed by atoms with E-state index in [1.807, 2.05) is 12.1 Å². The van der Waals surface area contributed by atoms with Gasteiger partial charge in [-0.15, -0.1) is 0 Å². The number of fused-ring (bicyclic) bond motifs is 1. The van der Waals surface area contributed by atoms with Crippen LogP contribution in [0.3, 0.4) is 0 Å². The standard InChI is InChI=1S/C14H18N2O2/c1-11(17)3-2-7-15-8-6-12-4-5-13-14(9-12)18-10-16-13/h4-5,9-10,15H,2-3,6-8H2,1H3. The zero-order chi connectivity index (χ0) is 12.8. The van der Waals surface area contributed by atoms with Crippen LogP contribution in [0.5, 0.6) is 0 Å². The Morgan fingerprint density at radius 3 is 3.11 bits per heavy atom. The molecule has 1 aromatic carbocycles. The van der Waals surface area contributed by atoms with Crippen LogP contribution in [-0.4, -0.2) is 23.9 Å². The highest BCUT2D eigenvalue weighted by atomic mass is 16.3. The third-order valence-corrected chi connectivity index (χ3v) is 2.87. The van der Waals surface area contributed by atoms with Crippen molar-refractivity contribution < 1.29 is 9.21 Å². The zero-order valence-corrected chi connectivity index (χ0v) is 10.6. The Kier molecular flexibility index (Phi) is 4.47. The molecule has 4 nitrogen and oxygen atoms in total. The molecule has 2 rings (SSSR count). The van der Waals surface area contributed by atoms with Gasteiger partial charge in [0.2, 0.25) is 0 Å². The summed E-state index contributed by atoms with van der Waals surface area (Å²) in [6.45, 7) is 3.44. The van der Waals surface area contributed by atoms with Gasteiger partial charge in [-0.05, 0) is 50.6 Å². The van der Waals surface area contributed by atoms with Crippen LogP contribution in [0, 0.1) is 0 Å². The van der Waals surface area contributed by atoms with Crippen molar-refractivity contribution in [3.8, 4) is 0 Å². The maximum absolute atomic E-state index is 10.8. The number of oxazole rings is 1. The minimum Gasteiger partial charge on any atom is -0.443 e. The summed E-state index contributed by atoms with van der Waals surface area (Å²) in [5.74, 6) is 0.257. The molecular formula is C14H18N2O2. The van der Waals surface area contributed by atoms with E-state index < -0.39 is 0 Å². The molecule has 0 saturated carbocycles. The molecule has 0 bridgehead atoms. The van der Waals surface area contributed by atoms with Gasteiger partial charge in [-0.2, -0.15) is 0 Å². The smallest absolute Gasteiger partial charge is 0.181 e. The molecule has 0 atom stereocenters. The Morgan fingerprint density at radius 1 is 1.39 bits per heavy atom. The summed E-state index contributed by atoms with van der Waals surface area (Å²) < 4.78 is 5.26. The van der Waals surface area contributed by atoms with Gasteiger partial charge in [-0.25, -0.2) is 4.98 Å². The Morgan fingerprint density at radius 2 is 2.28 bits per heavy atom. The fourth-order valence-corrected chi connectivity index (χ4v) is 1.88. The second-order valence-electron chi connectivity index (χ2n) is 4.46. The first-order chi connectivity index (χ1) is 8.75. The number of ketones is 1. The van der Waals surface area contributed by atoms with Crippen molar-refractivity contribution in [1.82, 2.24) is 10.3 Å². The first-order valence-electron chi connectivity index (χ1n) is 6.28. The number of hydrogen-bond donors (Lipinski definition) is 1. The molecule has 96 valence electrons. The van der Waals surface area contributed by atoms with Gasteiger partial charge >= 0.3 is 0 Å². The first kappa shape index (κ1) is 12.8. The minimum atomic E-state index is 0.257. The lowest BCUT2D eigenvalue weighted by atomic mass is 10.1. The largest absolute Gasteiger partial charge is 0.443 e. The van der Waals surface area contributed by atoms with E-state index in [1.54, 1.807) is 6.92 Å². The van der Waals surface area contributed by atoms with Crippen molar-refractivity contribution in [1.29, 1.82) is 0 Å². The Labute approximate surface area is 106 Å². The average Bonchev–Trinajstić information content (AvgIpc) is 2.80. The summed E-state index contributed by atoms with van der Waals surface area (Å²) in [5, 5.41) is 3.33. The third kappa shape index (κ3) is 3.67. The van der Waals surface area contributed by atoms with Crippen molar-refractivity contribution >= 4 is 16.9 Å². The van der Waals surface area contributed by atoms with E-state index in [-0.39, 0.29) is 5.78 Å². The van der Waals surface area contributed by atoms with Crippen molar-refractivity contribution in [2.24, 2.45) is 0 Å². The van der Waals surface area contributed by atoms with Gasteiger partial charge in [-0.1, -0.05) is 6.07 Å². The molecule has 0 spiro atoms. The summed E-state index contributed by atoms with van der Waals surface area (Å²) >= 11 is 0. The normalized spacial score (nSPS) is 10.9. The molecule has 0 aliphatic carbocycles. The average molecular weight is 246 g/mol. The Bertz CT molecular complexity index is 519. The van der Waals surface area contributed by atoms with Crippen molar-refractivity contribution in [3.63, 3.8) is 0 Å². The number of carbonyl (C=O) groups excluding carboxylic acids is 1. The molecule has 1 aromatic heterocycles. The molecule has 0 aliphatic heterocycles. The SMILES string of the molecule is CC(=O)CCCNCCc1ccc2ncoc2c1. The summed E-state index contributed by atoms with van der Waals surface area (Å²) in [4.78, 5) is 14.8. The molecule has 0 aliphatic rings. The molecule has 4 heteroatoms. The van der Waals surface area contributed by atoms with Crippen LogP contribution in [0.15, 0.2) is 29.0 Å². The molecule has 0 radical (unpaired) electrons. The van der Waals surface area contributed by atoms with Crippen LogP contribution < -0.4 is 5.32 Å². The first-order valence-corrected chi connectivity index (χ1v) is 6.28. The van der Waals surface area contributed by atoms with Gasteiger partial charge in [0.05, 0.1) is 0 Å². The quantitative estimate of drug-likeness (QED) is 0.762. The van der Waals surface area contributed by atoms with Crippen LogP contribution in [0.25, 0.3) is 11.1 Å². The van der Waals surface area contributed by atoms with Crippen LogP contribution >= 0.6 is 0 Å². The number of hydrogen-bond acceptors (Lipinski definition) is 4. The molecule has 0 fully saturated rings. The highest BCUT2D eigenvalue weighted by Gasteiger charge is 2.00. The van der Waals surface area contributed by atoms with Gasteiger partial charge in [-0.3, -0.25) is 0 Å². The molecule has 2 aromatic rings. The number of benzene rings is 1. The van der Waals surface area contributed by atoms with E-state index in [2.05, 4.69) is 16.4 Å². The predicted molar refractivity (Wildman–Crippen MR) is 70.5 cm³/mol. The van der Waals surface area contributed by atoms with Gasteiger partial charge in [0.25, 0.3) is 0 Å². The summed E-state index contributed by atoms with van der Waals surface area (Å²) in [6, 6.07) is 6.08. The lowest BCUT2D eigenvalue weighted by Crippen LogP contribution is -2.19. The predicted octanol–water partition coefficient (Wildman–Crippen LogP) is 2.33. The molecule has 1 heterocycles. The number of aromatic nitrogens is 1. The summed E-state index contributed by atoms with van der Waals surface area (Å²) in [5.41, 5.74) is 2.97. The number of nitrogens with one attached hydrogen (secondary N) is 1. The van der Waals surface area contributed by atoms with Crippen molar-refractivity contribution in [2.75, 3.05) is 13.1 Å².